The molecule has 2 saturated heterocycles. The molecule has 2 aliphatic rings. The van der Waals surface area contributed by atoms with E-state index in [4.69, 9.17) is 0 Å². The van der Waals surface area contributed by atoms with Crippen LogP contribution in [-0.4, -0.2) is 72.3 Å². The minimum Gasteiger partial charge on any atom is -0.342 e. The molecule has 2 heterocycles. The molecule has 2 aliphatic heterocycles. The highest BCUT2D eigenvalue weighted by molar-refractivity contribution is 5.88. The van der Waals surface area contributed by atoms with E-state index in [0.717, 1.165) is 39.0 Å². The van der Waals surface area contributed by atoms with Gasteiger partial charge in [0.2, 0.25) is 11.8 Å². The van der Waals surface area contributed by atoms with E-state index in [0.29, 0.717) is 19.6 Å². The van der Waals surface area contributed by atoms with Gasteiger partial charge in [0.15, 0.2) is 0 Å². The number of carbonyl (C=O) groups excluding carboxylic acids is 2. The number of amides is 2. The van der Waals surface area contributed by atoms with Crippen LogP contribution in [0, 0.1) is 0 Å². The molecule has 0 saturated carbocycles. The highest BCUT2D eigenvalue weighted by atomic mass is 16.2. The zero-order valence-electron chi connectivity index (χ0n) is 14.2. The first-order chi connectivity index (χ1) is 11.2. The molecule has 0 aliphatic carbocycles. The average molecular weight is 319 g/mol. The maximum Gasteiger partial charge on any atom is 0.246 e. The van der Waals surface area contributed by atoms with Crippen LogP contribution < -0.4 is 0 Å². The Kier molecular flexibility index (Phi) is 7.33. The van der Waals surface area contributed by atoms with E-state index in [1.54, 1.807) is 12.2 Å². The number of hydrogen-bond donors (Lipinski definition) is 0. The zero-order chi connectivity index (χ0) is 16.5. The first-order valence-corrected chi connectivity index (χ1v) is 8.79. The fourth-order valence-electron chi connectivity index (χ4n) is 3.09. The lowest BCUT2D eigenvalue weighted by Crippen LogP contribution is -2.51. The first-order valence-electron chi connectivity index (χ1n) is 8.79. The Labute approximate surface area is 139 Å². The van der Waals surface area contributed by atoms with Crippen molar-refractivity contribution in [2.75, 3.05) is 45.8 Å². The molecule has 5 heteroatoms. The van der Waals surface area contributed by atoms with Crippen molar-refractivity contribution in [1.82, 2.24) is 14.7 Å². The van der Waals surface area contributed by atoms with Gasteiger partial charge in [-0.25, -0.2) is 0 Å². The summed E-state index contributed by atoms with van der Waals surface area (Å²) in [5.74, 6) is 0.307. The fourth-order valence-corrected chi connectivity index (χ4v) is 3.09. The molecule has 0 aromatic carbocycles. The second-order valence-electron chi connectivity index (χ2n) is 6.28. The molecule has 5 nitrogen and oxygen atoms in total. The van der Waals surface area contributed by atoms with Crippen LogP contribution in [0.1, 0.15) is 32.6 Å². The number of allylic oxidation sites excluding steroid dienone is 3. The van der Waals surface area contributed by atoms with Gasteiger partial charge in [0.1, 0.15) is 0 Å². The van der Waals surface area contributed by atoms with Crippen molar-refractivity contribution in [2.45, 2.75) is 32.6 Å². The molecule has 128 valence electrons. The number of carbonyl (C=O) groups is 2. The van der Waals surface area contributed by atoms with Gasteiger partial charge in [-0.3, -0.25) is 14.5 Å². The van der Waals surface area contributed by atoms with Crippen LogP contribution in [0.5, 0.6) is 0 Å². The van der Waals surface area contributed by atoms with Crippen LogP contribution >= 0.6 is 0 Å². The topological polar surface area (TPSA) is 43.9 Å². The summed E-state index contributed by atoms with van der Waals surface area (Å²) in [7, 11) is 0. The van der Waals surface area contributed by atoms with Crippen LogP contribution in [0.25, 0.3) is 0 Å². The summed E-state index contributed by atoms with van der Waals surface area (Å²) < 4.78 is 0. The van der Waals surface area contributed by atoms with Gasteiger partial charge in [0.25, 0.3) is 0 Å². The highest BCUT2D eigenvalue weighted by Crippen LogP contribution is 2.11. The molecule has 2 fully saturated rings. The summed E-state index contributed by atoms with van der Waals surface area (Å²) in [5, 5.41) is 0. The van der Waals surface area contributed by atoms with Gasteiger partial charge in [0, 0.05) is 45.3 Å². The third kappa shape index (κ3) is 5.82. The number of likely N-dealkylation sites (tertiary alicyclic amines) is 1. The molecule has 0 aromatic heterocycles. The minimum atomic E-state index is 0.0570. The van der Waals surface area contributed by atoms with Crippen LogP contribution in [0.4, 0.5) is 0 Å². The van der Waals surface area contributed by atoms with Gasteiger partial charge >= 0.3 is 0 Å². The van der Waals surface area contributed by atoms with Crippen molar-refractivity contribution in [1.29, 1.82) is 0 Å². The zero-order valence-corrected chi connectivity index (χ0v) is 14.2. The van der Waals surface area contributed by atoms with E-state index < -0.39 is 0 Å². The van der Waals surface area contributed by atoms with E-state index in [9.17, 15) is 9.59 Å². The molecule has 0 bridgehead atoms. The van der Waals surface area contributed by atoms with Gasteiger partial charge in [0.05, 0.1) is 6.54 Å². The van der Waals surface area contributed by atoms with E-state index >= 15 is 0 Å². The highest BCUT2D eigenvalue weighted by Gasteiger charge is 2.23. The molecule has 0 radical (unpaired) electrons. The van der Waals surface area contributed by atoms with E-state index in [1.807, 2.05) is 28.9 Å². The first kappa shape index (κ1) is 17.7. The Balaban J connectivity index is 1.73. The Morgan fingerprint density at radius 1 is 0.826 bits per heavy atom. The number of rotatable bonds is 4. The molecular formula is C18H29N3O2. The fraction of sp³-hybridized carbons (Fsp3) is 0.667. The van der Waals surface area contributed by atoms with Crippen molar-refractivity contribution >= 4 is 11.8 Å². The maximum atomic E-state index is 12.4. The number of nitrogens with zero attached hydrogens (tertiary/aromatic N) is 3. The molecule has 0 spiro atoms. The molecule has 2 amide bonds. The number of piperazine rings is 1. The monoisotopic (exact) mass is 319 g/mol. The third-order valence-corrected chi connectivity index (χ3v) is 4.54. The van der Waals surface area contributed by atoms with Crippen LogP contribution in [0.15, 0.2) is 24.3 Å². The summed E-state index contributed by atoms with van der Waals surface area (Å²) in [4.78, 5) is 30.4. The SMILES string of the molecule is C/C=C/C=C/C(=O)N1CCN(CC(=O)N2CCCCCC2)CC1. The van der Waals surface area contributed by atoms with Gasteiger partial charge in [-0.1, -0.05) is 31.1 Å². The maximum absolute atomic E-state index is 12.4. The summed E-state index contributed by atoms with van der Waals surface area (Å²) >= 11 is 0. The molecule has 2 rings (SSSR count). The van der Waals surface area contributed by atoms with Gasteiger partial charge < -0.3 is 9.80 Å². The van der Waals surface area contributed by atoms with Gasteiger partial charge in [-0.15, -0.1) is 0 Å². The summed E-state index contributed by atoms with van der Waals surface area (Å²) in [6, 6.07) is 0. The van der Waals surface area contributed by atoms with Gasteiger partial charge in [-0.2, -0.15) is 0 Å². The number of hydrogen-bond acceptors (Lipinski definition) is 3. The van der Waals surface area contributed by atoms with Crippen molar-refractivity contribution in [3.05, 3.63) is 24.3 Å². The van der Waals surface area contributed by atoms with Crippen LogP contribution in [0.3, 0.4) is 0 Å². The second-order valence-corrected chi connectivity index (χ2v) is 6.28. The molecule has 0 unspecified atom stereocenters. The van der Waals surface area contributed by atoms with Crippen molar-refractivity contribution in [2.24, 2.45) is 0 Å². The molecule has 23 heavy (non-hydrogen) atoms. The Morgan fingerprint density at radius 2 is 1.48 bits per heavy atom. The van der Waals surface area contributed by atoms with Crippen molar-refractivity contribution in [3.8, 4) is 0 Å². The van der Waals surface area contributed by atoms with E-state index in [2.05, 4.69) is 4.90 Å². The Morgan fingerprint density at radius 3 is 2.09 bits per heavy atom. The predicted molar refractivity (Wildman–Crippen MR) is 92.0 cm³/mol. The summed E-state index contributed by atoms with van der Waals surface area (Å²) in [6.45, 7) is 7.20. The third-order valence-electron chi connectivity index (χ3n) is 4.54. The van der Waals surface area contributed by atoms with Crippen LogP contribution in [-0.2, 0) is 9.59 Å². The van der Waals surface area contributed by atoms with Crippen LogP contribution in [0.2, 0.25) is 0 Å². The Bertz CT molecular complexity index is 443. The van der Waals surface area contributed by atoms with E-state index in [-0.39, 0.29) is 11.8 Å². The molecule has 0 atom stereocenters. The van der Waals surface area contributed by atoms with Crippen molar-refractivity contribution < 1.29 is 9.59 Å². The average Bonchev–Trinajstić information content (AvgIpc) is 2.85. The molecule has 0 aromatic rings. The summed E-state index contributed by atoms with van der Waals surface area (Å²) in [5.41, 5.74) is 0. The predicted octanol–water partition coefficient (Wildman–Crippen LogP) is 1.67. The molecular weight excluding hydrogens is 290 g/mol. The largest absolute Gasteiger partial charge is 0.342 e. The smallest absolute Gasteiger partial charge is 0.246 e. The Hall–Kier alpha value is -1.62. The molecule has 0 N–H and O–H groups in total. The standard InChI is InChI=1S/C18H29N3O2/c1-2-3-6-9-17(22)21-14-12-19(13-15-21)16-18(23)20-10-7-4-5-8-11-20/h2-3,6,9H,4-5,7-8,10-16H2,1H3/b3-2+,9-6+. The van der Waals surface area contributed by atoms with Gasteiger partial charge in [-0.05, 0) is 19.8 Å². The normalized spacial score (nSPS) is 21.1. The van der Waals surface area contributed by atoms with Crippen molar-refractivity contribution in [3.63, 3.8) is 0 Å². The lowest BCUT2D eigenvalue weighted by atomic mass is 10.2. The minimum absolute atomic E-state index is 0.0570. The lowest BCUT2D eigenvalue weighted by Gasteiger charge is -2.34. The lowest BCUT2D eigenvalue weighted by molar-refractivity contribution is -0.133. The van der Waals surface area contributed by atoms with E-state index in [1.165, 1.54) is 12.8 Å². The second kappa shape index (κ2) is 9.50. The summed E-state index contributed by atoms with van der Waals surface area (Å²) in [6.07, 6.45) is 11.9. The quantitative estimate of drug-likeness (QED) is 0.585.